The van der Waals surface area contributed by atoms with Gasteiger partial charge in [-0.25, -0.2) is 0 Å². The number of rotatable bonds is 7. The molecule has 49 heavy (non-hydrogen) atoms. The molecular formula is C45H55N3S. The van der Waals surface area contributed by atoms with Gasteiger partial charge in [-0.1, -0.05) is 113 Å². The Labute approximate surface area is 300 Å². The molecule has 5 aromatic rings. The van der Waals surface area contributed by atoms with Crippen LogP contribution >= 0.6 is 11.8 Å². The fourth-order valence-electron chi connectivity index (χ4n) is 5.41. The SMILES string of the molecule is C=CCC1SC(c2ccc(C#Cc3ccccc3)cc2)N(c2cccc(C)c2)C1=C.CC.CCC.CNCCc1c[nH]c2ccc(C)cc12. The quantitative estimate of drug-likeness (QED) is 0.134. The number of fused-ring (bicyclic) bond motifs is 1. The second-order valence-electron chi connectivity index (χ2n) is 11.9. The van der Waals surface area contributed by atoms with Crippen LogP contribution in [0.5, 0.6) is 0 Å². The van der Waals surface area contributed by atoms with Crippen LogP contribution in [-0.4, -0.2) is 23.8 Å². The molecule has 4 aromatic carbocycles. The number of aromatic amines is 1. The normalized spacial score (nSPS) is 14.7. The van der Waals surface area contributed by atoms with E-state index in [1.165, 1.54) is 45.3 Å². The van der Waals surface area contributed by atoms with Crippen molar-refractivity contribution in [2.75, 3.05) is 18.5 Å². The minimum Gasteiger partial charge on any atom is -0.361 e. The van der Waals surface area contributed by atoms with Gasteiger partial charge in [0.25, 0.3) is 0 Å². The van der Waals surface area contributed by atoms with Crippen LogP contribution in [0.15, 0.2) is 128 Å². The molecule has 1 fully saturated rings. The van der Waals surface area contributed by atoms with Crippen LogP contribution in [0.4, 0.5) is 5.69 Å². The molecule has 1 aliphatic heterocycles. The van der Waals surface area contributed by atoms with Crippen LogP contribution in [0.25, 0.3) is 10.9 Å². The number of thioether (sulfide) groups is 1. The van der Waals surface area contributed by atoms with Crippen molar-refractivity contribution < 1.29 is 0 Å². The fourth-order valence-corrected chi connectivity index (χ4v) is 6.93. The van der Waals surface area contributed by atoms with E-state index in [1.807, 2.05) is 69.1 Å². The predicted octanol–water partition coefficient (Wildman–Crippen LogP) is 11.8. The number of anilines is 1. The van der Waals surface area contributed by atoms with Crippen molar-refractivity contribution in [3.8, 4) is 11.8 Å². The zero-order valence-corrected chi connectivity index (χ0v) is 31.5. The highest BCUT2D eigenvalue weighted by atomic mass is 32.2. The maximum atomic E-state index is 4.43. The Morgan fingerprint density at radius 2 is 1.51 bits per heavy atom. The van der Waals surface area contributed by atoms with E-state index in [0.717, 1.165) is 36.2 Å². The standard InChI is InChI=1S/C28H25NS.C12H16N2.C3H8.C2H6/c1-4-9-27-22(3)29(26-13-8-10-21(2)20-26)28(30-27)25-18-16-24(17-19-25)15-14-23-11-6-5-7-12-23;1-9-3-4-12-11(7-9)10(8-14-12)5-6-13-2;1-3-2;1-2/h4-8,10-13,16-20,27-28H,1,3,9H2,2H3;3-4,7-8,13-14H,5-6H2,1-2H3;3H2,1-2H3;1-2H3. The van der Waals surface area contributed by atoms with E-state index in [-0.39, 0.29) is 5.37 Å². The molecule has 3 nitrogen and oxygen atoms in total. The molecule has 4 heteroatoms. The number of H-pyrrole nitrogens is 1. The highest BCUT2D eigenvalue weighted by molar-refractivity contribution is 8.00. The Balaban J connectivity index is 0.000000284. The summed E-state index contributed by atoms with van der Waals surface area (Å²) in [7, 11) is 1.99. The van der Waals surface area contributed by atoms with Crippen molar-refractivity contribution >= 4 is 28.4 Å². The Kier molecular flexibility index (Phi) is 16.6. The van der Waals surface area contributed by atoms with E-state index in [4.69, 9.17) is 0 Å². The number of benzene rings is 4. The van der Waals surface area contributed by atoms with Crippen LogP contribution in [0.1, 0.15) is 79.3 Å². The lowest BCUT2D eigenvalue weighted by Gasteiger charge is -2.27. The third-order valence-corrected chi connectivity index (χ3v) is 9.29. The molecule has 6 rings (SSSR count). The Bertz CT molecular complexity index is 1790. The van der Waals surface area contributed by atoms with Crippen LogP contribution in [-0.2, 0) is 6.42 Å². The Morgan fingerprint density at radius 3 is 2.14 bits per heavy atom. The summed E-state index contributed by atoms with van der Waals surface area (Å²) in [5, 5.41) is 5.07. The molecule has 0 spiro atoms. The van der Waals surface area contributed by atoms with E-state index in [0.29, 0.717) is 5.25 Å². The van der Waals surface area contributed by atoms with Crippen LogP contribution in [0.3, 0.4) is 0 Å². The summed E-state index contributed by atoms with van der Waals surface area (Å²) >= 11 is 1.94. The van der Waals surface area contributed by atoms with Gasteiger partial charge in [-0.05, 0) is 106 Å². The van der Waals surface area contributed by atoms with Gasteiger partial charge in [-0.3, -0.25) is 0 Å². The van der Waals surface area contributed by atoms with Gasteiger partial charge in [0, 0.05) is 39.6 Å². The molecule has 2 N–H and O–H groups in total. The molecule has 0 radical (unpaired) electrons. The zero-order chi connectivity index (χ0) is 35.6. The molecule has 256 valence electrons. The summed E-state index contributed by atoms with van der Waals surface area (Å²) in [5.74, 6) is 6.50. The zero-order valence-electron chi connectivity index (χ0n) is 30.6. The van der Waals surface area contributed by atoms with Crippen molar-refractivity contribution in [2.45, 2.75) is 71.4 Å². The lowest BCUT2D eigenvalue weighted by Crippen LogP contribution is -2.21. The van der Waals surface area contributed by atoms with E-state index < -0.39 is 0 Å². The van der Waals surface area contributed by atoms with Crippen molar-refractivity contribution in [3.63, 3.8) is 0 Å². The maximum absolute atomic E-state index is 4.43. The highest BCUT2D eigenvalue weighted by Crippen LogP contribution is 2.50. The van der Waals surface area contributed by atoms with E-state index in [9.17, 15) is 0 Å². The molecule has 1 aliphatic rings. The smallest absolute Gasteiger partial charge is 0.106 e. The van der Waals surface area contributed by atoms with Gasteiger partial charge >= 0.3 is 0 Å². The number of hydrogen-bond donors (Lipinski definition) is 2. The van der Waals surface area contributed by atoms with E-state index >= 15 is 0 Å². The average molecular weight is 670 g/mol. The third kappa shape index (κ3) is 11.3. The van der Waals surface area contributed by atoms with Crippen LogP contribution in [0.2, 0.25) is 0 Å². The van der Waals surface area contributed by atoms with Gasteiger partial charge in [0.2, 0.25) is 0 Å². The molecule has 0 amide bonds. The maximum Gasteiger partial charge on any atom is 0.106 e. The molecule has 0 aliphatic carbocycles. The first-order chi connectivity index (χ1) is 23.9. The number of nitrogens with one attached hydrogen (secondary N) is 2. The molecule has 0 saturated carbocycles. The summed E-state index contributed by atoms with van der Waals surface area (Å²) in [4.78, 5) is 5.67. The molecule has 2 unspecified atom stereocenters. The summed E-state index contributed by atoms with van der Waals surface area (Å²) < 4.78 is 0. The van der Waals surface area contributed by atoms with Crippen molar-refractivity contribution in [1.29, 1.82) is 0 Å². The van der Waals surface area contributed by atoms with E-state index in [2.05, 4.69) is 141 Å². The van der Waals surface area contributed by atoms with Crippen LogP contribution in [0, 0.1) is 25.7 Å². The second-order valence-corrected chi connectivity index (χ2v) is 13.2. The number of aryl methyl sites for hydroxylation is 2. The van der Waals surface area contributed by atoms with Crippen molar-refractivity contribution in [1.82, 2.24) is 10.3 Å². The highest BCUT2D eigenvalue weighted by Gasteiger charge is 2.36. The number of nitrogens with zero attached hydrogens (tertiary/aromatic N) is 1. The molecule has 0 bridgehead atoms. The summed E-state index contributed by atoms with van der Waals surface area (Å²) in [6.45, 7) is 21.9. The van der Waals surface area contributed by atoms with E-state index in [1.54, 1.807) is 0 Å². The monoisotopic (exact) mass is 669 g/mol. The van der Waals surface area contributed by atoms with Gasteiger partial charge in [0.1, 0.15) is 5.37 Å². The van der Waals surface area contributed by atoms with Gasteiger partial charge < -0.3 is 15.2 Å². The summed E-state index contributed by atoms with van der Waals surface area (Å²) in [5.41, 5.74) is 10.9. The minimum absolute atomic E-state index is 0.195. The van der Waals surface area contributed by atoms with Gasteiger partial charge in [0.15, 0.2) is 0 Å². The number of likely N-dealkylation sites (N-methyl/N-ethyl adjacent to an activating group) is 1. The van der Waals surface area contributed by atoms with Crippen LogP contribution < -0.4 is 10.2 Å². The predicted molar refractivity (Wildman–Crippen MR) is 219 cm³/mol. The first kappa shape index (κ1) is 39.0. The fraction of sp³-hybridized carbons (Fsp3) is 0.289. The molecule has 1 saturated heterocycles. The third-order valence-electron chi connectivity index (χ3n) is 7.76. The first-order valence-electron chi connectivity index (χ1n) is 17.6. The van der Waals surface area contributed by atoms with Gasteiger partial charge in [-0.2, -0.15) is 0 Å². The average Bonchev–Trinajstić information content (AvgIpc) is 3.68. The number of allylic oxidation sites excluding steroid dienone is 1. The molecular weight excluding hydrogens is 615 g/mol. The molecule has 2 heterocycles. The number of hydrogen-bond acceptors (Lipinski definition) is 3. The molecule has 1 aromatic heterocycles. The number of aromatic nitrogens is 1. The second kappa shape index (κ2) is 20.8. The van der Waals surface area contributed by atoms with Crippen molar-refractivity contribution in [3.05, 3.63) is 162 Å². The summed E-state index contributed by atoms with van der Waals surface area (Å²) in [6.07, 6.45) is 7.35. The van der Waals surface area contributed by atoms with Crippen molar-refractivity contribution in [2.24, 2.45) is 0 Å². The lowest BCUT2D eigenvalue weighted by molar-refractivity contribution is 0.795. The molecule has 2 atom stereocenters. The Hall–Kier alpha value is -4.43. The largest absolute Gasteiger partial charge is 0.361 e. The van der Waals surface area contributed by atoms with Gasteiger partial charge in [-0.15, -0.1) is 18.3 Å². The Morgan fingerprint density at radius 1 is 0.857 bits per heavy atom. The topological polar surface area (TPSA) is 31.1 Å². The minimum atomic E-state index is 0.195. The summed E-state index contributed by atoms with van der Waals surface area (Å²) in [6, 6.07) is 33.9. The first-order valence-corrected chi connectivity index (χ1v) is 18.5. The lowest BCUT2D eigenvalue weighted by atomic mass is 10.1. The van der Waals surface area contributed by atoms with Gasteiger partial charge in [0.05, 0.1) is 5.25 Å².